The van der Waals surface area contributed by atoms with Crippen molar-refractivity contribution < 1.29 is 4.79 Å². The molecule has 1 aromatic carbocycles. The van der Waals surface area contributed by atoms with Crippen LogP contribution in [-0.4, -0.2) is 40.2 Å². The highest BCUT2D eigenvalue weighted by Crippen LogP contribution is 2.19. The first-order valence-electron chi connectivity index (χ1n) is 9.14. The highest BCUT2D eigenvalue weighted by atomic mass is 16.2. The molecule has 0 bridgehead atoms. The largest absolute Gasteiger partial charge is 0.351 e. The predicted molar refractivity (Wildman–Crippen MR) is 99.2 cm³/mol. The number of hydrogen-bond acceptors (Lipinski definition) is 3. The van der Waals surface area contributed by atoms with Crippen LogP contribution in [0.15, 0.2) is 36.4 Å². The minimum Gasteiger partial charge on any atom is -0.351 e. The summed E-state index contributed by atoms with van der Waals surface area (Å²) in [5.41, 5.74) is 3.46. The maximum absolute atomic E-state index is 12.1. The second-order valence-corrected chi connectivity index (χ2v) is 7.09. The standard InChI is InChI=1S/C20H28N4O/c1-16-12-17(2)24(22-16)14-19-8-10-23(11-9-19)15-20(25)21-13-18-6-4-3-5-7-18/h3-7,12,19H,8-11,13-15H2,1-2H3,(H,21,25). The van der Waals surface area contributed by atoms with Gasteiger partial charge in [-0.2, -0.15) is 5.10 Å². The number of nitrogens with zero attached hydrogens (tertiary/aromatic N) is 3. The van der Waals surface area contributed by atoms with Crippen LogP contribution in [0, 0.1) is 19.8 Å². The van der Waals surface area contributed by atoms with Gasteiger partial charge in [-0.15, -0.1) is 0 Å². The third kappa shape index (κ3) is 5.16. The highest BCUT2D eigenvalue weighted by molar-refractivity contribution is 5.78. The molecular formula is C20H28N4O. The van der Waals surface area contributed by atoms with Gasteiger partial charge in [0.1, 0.15) is 0 Å². The fraction of sp³-hybridized carbons (Fsp3) is 0.500. The van der Waals surface area contributed by atoms with Crippen molar-refractivity contribution in [1.82, 2.24) is 20.0 Å². The number of hydrogen-bond donors (Lipinski definition) is 1. The first kappa shape index (κ1) is 17.7. The monoisotopic (exact) mass is 340 g/mol. The molecule has 3 rings (SSSR count). The Morgan fingerprint density at radius 2 is 1.92 bits per heavy atom. The molecule has 1 amide bonds. The zero-order valence-corrected chi connectivity index (χ0v) is 15.2. The quantitative estimate of drug-likeness (QED) is 0.879. The van der Waals surface area contributed by atoms with Crippen LogP contribution in [0.1, 0.15) is 29.8 Å². The number of nitrogens with one attached hydrogen (secondary N) is 1. The Labute approximate surface area is 150 Å². The lowest BCUT2D eigenvalue weighted by molar-refractivity contribution is -0.122. The number of aryl methyl sites for hydroxylation is 2. The number of amides is 1. The molecular weight excluding hydrogens is 312 g/mol. The third-order valence-corrected chi connectivity index (χ3v) is 4.94. The van der Waals surface area contributed by atoms with Crippen LogP contribution in [0.3, 0.4) is 0 Å². The van der Waals surface area contributed by atoms with Gasteiger partial charge in [0.2, 0.25) is 5.91 Å². The minimum atomic E-state index is 0.112. The Kier molecular flexibility index (Phi) is 5.87. The van der Waals surface area contributed by atoms with Gasteiger partial charge >= 0.3 is 0 Å². The molecule has 5 heteroatoms. The number of piperidine rings is 1. The zero-order chi connectivity index (χ0) is 17.6. The fourth-order valence-electron chi connectivity index (χ4n) is 3.49. The smallest absolute Gasteiger partial charge is 0.234 e. The molecule has 0 radical (unpaired) electrons. The van der Waals surface area contributed by atoms with Crippen molar-refractivity contribution in [2.24, 2.45) is 5.92 Å². The summed E-state index contributed by atoms with van der Waals surface area (Å²) < 4.78 is 2.13. The molecule has 134 valence electrons. The first-order chi connectivity index (χ1) is 12.1. The van der Waals surface area contributed by atoms with E-state index in [0.29, 0.717) is 19.0 Å². The Bertz CT molecular complexity index is 687. The topological polar surface area (TPSA) is 50.2 Å². The summed E-state index contributed by atoms with van der Waals surface area (Å²) in [5, 5.41) is 7.58. The summed E-state index contributed by atoms with van der Waals surface area (Å²) >= 11 is 0. The van der Waals surface area contributed by atoms with Gasteiger partial charge in [0.15, 0.2) is 0 Å². The van der Waals surface area contributed by atoms with Crippen molar-refractivity contribution in [1.29, 1.82) is 0 Å². The van der Waals surface area contributed by atoms with E-state index in [1.54, 1.807) is 0 Å². The number of carbonyl (C=O) groups excluding carboxylic acids is 1. The zero-order valence-electron chi connectivity index (χ0n) is 15.2. The van der Waals surface area contributed by atoms with E-state index >= 15 is 0 Å². The van der Waals surface area contributed by atoms with Gasteiger partial charge < -0.3 is 5.32 Å². The van der Waals surface area contributed by atoms with Crippen LogP contribution in [-0.2, 0) is 17.9 Å². The Morgan fingerprint density at radius 1 is 1.20 bits per heavy atom. The highest BCUT2D eigenvalue weighted by Gasteiger charge is 2.21. The van der Waals surface area contributed by atoms with Gasteiger partial charge in [-0.3, -0.25) is 14.4 Å². The van der Waals surface area contributed by atoms with Crippen molar-refractivity contribution in [2.45, 2.75) is 39.8 Å². The molecule has 0 spiro atoms. The Hall–Kier alpha value is -2.14. The van der Waals surface area contributed by atoms with E-state index in [2.05, 4.69) is 33.0 Å². The molecule has 1 aromatic heterocycles. The van der Waals surface area contributed by atoms with Crippen LogP contribution in [0.5, 0.6) is 0 Å². The number of aromatic nitrogens is 2. The summed E-state index contributed by atoms with van der Waals surface area (Å²) in [6.07, 6.45) is 2.26. The summed E-state index contributed by atoms with van der Waals surface area (Å²) in [6, 6.07) is 12.2. The van der Waals surface area contributed by atoms with Crippen LogP contribution in [0.25, 0.3) is 0 Å². The van der Waals surface area contributed by atoms with Crippen LogP contribution < -0.4 is 5.32 Å². The molecule has 0 aliphatic carbocycles. The summed E-state index contributed by atoms with van der Waals surface area (Å²) in [6.45, 7) is 8.24. The Morgan fingerprint density at radius 3 is 2.56 bits per heavy atom. The van der Waals surface area contributed by atoms with E-state index < -0.39 is 0 Å². The molecule has 2 heterocycles. The molecule has 1 aliphatic rings. The van der Waals surface area contributed by atoms with Gasteiger partial charge in [0.05, 0.1) is 12.2 Å². The summed E-state index contributed by atoms with van der Waals surface area (Å²) in [7, 11) is 0. The molecule has 1 fully saturated rings. The van der Waals surface area contributed by atoms with Gasteiger partial charge in [-0.1, -0.05) is 30.3 Å². The molecule has 0 saturated carbocycles. The van der Waals surface area contributed by atoms with Crippen molar-refractivity contribution in [3.63, 3.8) is 0 Å². The second kappa shape index (κ2) is 8.30. The predicted octanol–water partition coefficient (Wildman–Crippen LogP) is 2.53. The van der Waals surface area contributed by atoms with Crippen LogP contribution in [0.2, 0.25) is 0 Å². The molecule has 0 unspecified atom stereocenters. The van der Waals surface area contributed by atoms with E-state index in [1.165, 1.54) is 5.69 Å². The molecule has 25 heavy (non-hydrogen) atoms. The average Bonchev–Trinajstić information content (AvgIpc) is 2.93. The minimum absolute atomic E-state index is 0.112. The van der Waals surface area contributed by atoms with E-state index in [0.717, 1.165) is 43.7 Å². The molecule has 2 aromatic rings. The summed E-state index contributed by atoms with van der Waals surface area (Å²) in [4.78, 5) is 14.4. The third-order valence-electron chi connectivity index (χ3n) is 4.94. The van der Waals surface area contributed by atoms with Crippen molar-refractivity contribution in [2.75, 3.05) is 19.6 Å². The van der Waals surface area contributed by atoms with Crippen LogP contribution in [0.4, 0.5) is 0 Å². The van der Waals surface area contributed by atoms with E-state index in [-0.39, 0.29) is 5.91 Å². The molecule has 1 aliphatic heterocycles. The van der Waals surface area contributed by atoms with E-state index in [1.807, 2.05) is 37.3 Å². The van der Waals surface area contributed by atoms with E-state index in [9.17, 15) is 4.79 Å². The number of rotatable bonds is 6. The second-order valence-electron chi connectivity index (χ2n) is 7.09. The van der Waals surface area contributed by atoms with Gasteiger partial charge in [-0.25, -0.2) is 0 Å². The first-order valence-corrected chi connectivity index (χ1v) is 9.14. The number of likely N-dealkylation sites (tertiary alicyclic amines) is 1. The normalized spacial score (nSPS) is 16.1. The van der Waals surface area contributed by atoms with Gasteiger partial charge in [0.25, 0.3) is 0 Å². The van der Waals surface area contributed by atoms with Crippen molar-refractivity contribution in [3.8, 4) is 0 Å². The van der Waals surface area contributed by atoms with Gasteiger partial charge in [0, 0.05) is 18.8 Å². The fourth-order valence-corrected chi connectivity index (χ4v) is 3.49. The lowest BCUT2D eigenvalue weighted by Crippen LogP contribution is -2.42. The van der Waals surface area contributed by atoms with Crippen LogP contribution >= 0.6 is 0 Å². The lowest BCUT2D eigenvalue weighted by Gasteiger charge is -2.31. The number of carbonyl (C=O) groups is 1. The van der Waals surface area contributed by atoms with Gasteiger partial charge in [-0.05, 0) is 57.3 Å². The lowest BCUT2D eigenvalue weighted by atomic mass is 9.97. The van der Waals surface area contributed by atoms with Crippen molar-refractivity contribution in [3.05, 3.63) is 53.3 Å². The average molecular weight is 340 g/mol. The molecule has 1 saturated heterocycles. The molecule has 1 N–H and O–H groups in total. The number of benzene rings is 1. The summed E-state index contributed by atoms with van der Waals surface area (Å²) in [5.74, 6) is 0.766. The Balaban J connectivity index is 1.38. The molecule has 5 nitrogen and oxygen atoms in total. The SMILES string of the molecule is Cc1cc(C)n(CC2CCN(CC(=O)NCc3ccccc3)CC2)n1. The van der Waals surface area contributed by atoms with E-state index in [4.69, 9.17) is 0 Å². The maximum atomic E-state index is 12.1. The molecule has 0 atom stereocenters. The maximum Gasteiger partial charge on any atom is 0.234 e. The van der Waals surface area contributed by atoms with Crippen molar-refractivity contribution >= 4 is 5.91 Å².